The lowest BCUT2D eigenvalue weighted by atomic mass is 9.94. The van der Waals surface area contributed by atoms with Gasteiger partial charge in [-0.25, -0.2) is 0 Å². The highest BCUT2D eigenvalue weighted by Crippen LogP contribution is 2.33. The van der Waals surface area contributed by atoms with Gasteiger partial charge < -0.3 is 28.9 Å². The molecule has 3 amide bonds. The van der Waals surface area contributed by atoms with Crippen molar-refractivity contribution in [3.05, 3.63) is 132 Å². The number of nitrogens with one attached hydrogen (secondary N) is 1. The summed E-state index contributed by atoms with van der Waals surface area (Å²) in [7, 11) is 0. The number of anilines is 2. The summed E-state index contributed by atoms with van der Waals surface area (Å²) in [6, 6.07) is 32.1. The summed E-state index contributed by atoms with van der Waals surface area (Å²) >= 11 is 0. The summed E-state index contributed by atoms with van der Waals surface area (Å²) in [4.78, 5) is 44.0. The molecular weight excluding hydrogens is 906 g/mol. The first-order valence-corrected chi connectivity index (χ1v) is 21.4. The fourth-order valence-corrected chi connectivity index (χ4v) is 7.70. The molecule has 0 spiro atoms. The first-order chi connectivity index (χ1) is 31.7. The van der Waals surface area contributed by atoms with Gasteiger partial charge in [0.1, 0.15) is 0 Å². The summed E-state index contributed by atoms with van der Waals surface area (Å²) in [6.07, 6.45) is -6.15. The number of rotatable bonds is 11. The Bertz CT molecular complexity index is 2530. The van der Waals surface area contributed by atoms with Gasteiger partial charge in [0, 0.05) is 53.8 Å². The van der Waals surface area contributed by atoms with Crippen molar-refractivity contribution in [2.75, 3.05) is 36.0 Å². The number of amides is 3. The molecule has 0 unspecified atom stereocenters. The van der Waals surface area contributed by atoms with Gasteiger partial charge in [-0.3, -0.25) is 14.4 Å². The van der Waals surface area contributed by atoms with E-state index >= 15 is 0 Å². The number of likely N-dealkylation sites (tertiary alicyclic amines) is 1. The molecule has 1 N–H and O–H groups in total. The average molecular weight is 953 g/mol. The van der Waals surface area contributed by atoms with E-state index < -0.39 is 24.1 Å². The Morgan fingerprint density at radius 1 is 0.597 bits per heavy atom. The predicted molar refractivity (Wildman–Crippen MR) is 237 cm³/mol. The molecule has 0 atom stereocenters. The lowest BCUT2D eigenvalue weighted by Crippen LogP contribution is -2.44. The second-order valence-corrected chi connectivity index (χ2v) is 15.8. The van der Waals surface area contributed by atoms with Crippen LogP contribution in [0.5, 0.6) is 0 Å². The smallest absolute Gasteiger partial charge is 0.413 e. The number of alkyl halides is 6. The van der Waals surface area contributed by atoms with Crippen LogP contribution in [0.15, 0.2) is 118 Å². The quantitative estimate of drug-likeness (QED) is 0.124. The molecule has 13 nitrogen and oxygen atoms in total. The molecule has 8 rings (SSSR count). The number of benzene rings is 4. The van der Waals surface area contributed by atoms with Crippen LogP contribution >= 0.6 is 12.4 Å². The fourth-order valence-electron chi connectivity index (χ4n) is 7.70. The van der Waals surface area contributed by atoms with Crippen LogP contribution in [0.1, 0.15) is 61.9 Å². The molecule has 0 bridgehead atoms. The lowest BCUT2D eigenvalue weighted by Gasteiger charge is -2.34. The van der Waals surface area contributed by atoms with E-state index in [-0.39, 0.29) is 60.3 Å². The molecule has 2 aliphatic rings. The maximum atomic E-state index is 13.5. The highest BCUT2D eigenvalue weighted by molar-refractivity contribution is 5.96. The molecule has 4 heterocycles. The molecule has 354 valence electrons. The Balaban J connectivity index is 0.000000219. The van der Waals surface area contributed by atoms with Gasteiger partial charge in [0.25, 0.3) is 0 Å². The Morgan fingerprint density at radius 2 is 0.985 bits per heavy atom. The molecular formula is C47H47ClF6N8O5. The first-order valence-electron chi connectivity index (χ1n) is 21.4. The molecule has 2 aliphatic heterocycles. The highest BCUT2D eigenvalue weighted by Gasteiger charge is 2.39. The van der Waals surface area contributed by atoms with Crippen LogP contribution in [0, 0.1) is 11.8 Å². The lowest BCUT2D eigenvalue weighted by molar-refractivity contribution is -0.157. The van der Waals surface area contributed by atoms with Crippen LogP contribution in [0.2, 0.25) is 0 Å². The van der Waals surface area contributed by atoms with E-state index in [1.54, 1.807) is 63.2 Å². The molecule has 20 heteroatoms. The SMILES string of the molecule is CCC(=O)N1CCC(C(=O)N(Cc2ccc(-c3nnc(C(F)(F)F)o3)cc2)c2ccccc2)CC1.Cl.O=C(C1CCNCC1)N(Cc1ccc(-c2nnc(C(F)(F)F)o2)cc1)c1ccccc1. The predicted octanol–water partition coefficient (Wildman–Crippen LogP) is 9.65. The van der Waals surface area contributed by atoms with Gasteiger partial charge in [-0.05, 0) is 98.4 Å². The van der Waals surface area contributed by atoms with E-state index in [0.717, 1.165) is 48.4 Å². The third-order valence-corrected chi connectivity index (χ3v) is 11.3. The number of carbonyl (C=O) groups excluding carboxylic acids is 3. The second kappa shape index (κ2) is 22.3. The van der Waals surface area contributed by atoms with Gasteiger partial charge in [-0.1, -0.05) is 67.6 Å². The average Bonchev–Trinajstić information content (AvgIpc) is 4.06. The van der Waals surface area contributed by atoms with E-state index in [2.05, 4.69) is 25.7 Å². The molecule has 2 aromatic heterocycles. The number of aromatic nitrogens is 4. The van der Waals surface area contributed by atoms with Gasteiger partial charge in [0.2, 0.25) is 29.5 Å². The van der Waals surface area contributed by atoms with E-state index in [1.165, 1.54) is 0 Å². The number of nitrogens with zero attached hydrogens (tertiary/aromatic N) is 7. The topological polar surface area (TPSA) is 151 Å². The Morgan fingerprint density at radius 3 is 1.34 bits per heavy atom. The van der Waals surface area contributed by atoms with E-state index in [9.17, 15) is 40.7 Å². The molecule has 0 aliphatic carbocycles. The number of hydrogen-bond donors (Lipinski definition) is 1. The molecule has 0 radical (unpaired) electrons. The number of carbonyl (C=O) groups is 3. The maximum absolute atomic E-state index is 13.5. The standard InChI is InChI=1S/C25H25F3N4O3.C22H21F3N4O2.ClH/c1-2-21(33)31-14-12-19(13-15-31)23(34)32(20-6-4-3-5-7-20)16-17-8-10-18(11-9-17)22-29-30-24(35-22)25(26,27)28;23-22(24,25)21-28-27-19(31-21)16-8-6-15(7-9-16)14-29(18-4-2-1-3-5-18)20(30)17-10-12-26-13-11-17;/h3-11,19H,2,12-16H2,1H3;1-9,17,26H,10-14H2;1H. The minimum atomic E-state index is -4.71. The van der Waals surface area contributed by atoms with Crippen LogP contribution in [0.25, 0.3) is 22.9 Å². The zero-order valence-corrected chi connectivity index (χ0v) is 37.0. The Labute approximate surface area is 388 Å². The number of hydrogen-bond acceptors (Lipinski definition) is 10. The highest BCUT2D eigenvalue weighted by atomic mass is 35.5. The number of para-hydroxylation sites is 2. The Kier molecular flexibility index (Phi) is 16.6. The van der Waals surface area contributed by atoms with E-state index in [0.29, 0.717) is 50.0 Å². The molecule has 0 saturated carbocycles. The van der Waals surface area contributed by atoms with Crippen molar-refractivity contribution in [2.24, 2.45) is 11.8 Å². The summed E-state index contributed by atoms with van der Waals surface area (Å²) in [6.45, 7) is 5.22. The van der Waals surface area contributed by atoms with Crippen LogP contribution in [-0.2, 0) is 39.8 Å². The summed E-state index contributed by atoms with van der Waals surface area (Å²) in [5, 5.41) is 16.3. The van der Waals surface area contributed by atoms with Crippen molar-refractivity contribution < 1.29 is 49.6 Å². The molecule has 2 fully saturated rings. The van der Waals surface area contributed by atoms with Crippen LogP contribution in [0.4, 0.5) is 37.7 Å². The van der Waals surface area contributed by atoms with Crippen molar-refractivity contribution in [3.63, 3.8) is 0 Å². The monoisotopic (exact) mass is 952 g/mol. The van der Waals surface area contributed by atoms with Crippen LogP contribution < -0.4 is 15.1 Å². The third-order valence-electron chi connectivity index (χ3n) is 11.3. The minimum Gasteiger partial charge on any atom is -0.413 e. The van der Waals surface area contributed by atoms with Crippen molar-refractivity contribution in [1.29, 1.82) is 0 Å². The van der Waals surface area contributed by atoms with Gasteiger partial charge in [-0.15, -0.1) is 32.8 Å². The zero-order valence-electron chi connectivity index (χ0n) is 36.2. The summed E-state index contributed by atoms with van der Waals surface area (Å²) in [5.74, 6) is -3.30. The molecule has 6 aromatic rings. The van der Waals surface area contributed by atoms with Crippen molar-refractivity contribution in [2.45, 2.75) is 64.5 Å². The second-order valence-electron chi connectivity index (χ2n) is 15.8. The molecule has 2 saturated heterocycles. The van der Waals surface area contributed by atoms with Crippen molar-refractivity contribution >= 4 is 41.5 Å². The summed E-state index contributed by atoms with van der Waals surface area (Å²) in [5.41, 5.74) is 3.91. The van der Waals surface area contributed by atoms with Crippen LogP contribution in [-0.4, -0.2) is 69.2 Å². The maximum Gasteiger partial charge on any atom is 0.470 e. The third kappa shape index (κ3) is 12.9. The van der Waals surface area contributed by atoms with Crippen LogP contribution in [0.3, 0.4) is 0 Å². The first kappa shape index (κ1) is 49.8. The number of piperidine rings is 2. The largest absolute Gasteiger partial charge is 0.470 e. The fraction of sp³-hybridized carbons (Fsp3) is 0.340. The Hall–Kier alpha value is -6.60. The number of halogens is 7. The van der Waals surface area contributed by atoms with Crippen molar-refractivity contribution in [3.8, 4) is 22.9 Å². The van der Waals surface area contributed by atoms with Gasteiger partial charge in [-0.2, -0.15) is 26.3 Å². The van der Waals surface area contributed by atoms with E-state index in [4.69, 9.17) is 8.83 Å². The zero-order chi connectivity index (χ0) is 46.8. The minimum absolute atomic E-state index is 0. The van der Waals surface area contributed by atoms with Gasteiger partial charge >= 0.3 is 24.1 Å². The van der Waals surface area contributed by atoms with E-state index in [1.807, 2.05) is 67.6 Å². The molecule has 67 heavy (non-hydrogen) atoms. The normalized spacial score (nSPS) is 14.6. The van der Waals surface area contributed by atoms with Crippen molar-refractivity contribution in [1.82, 2.24) is 30.6 Å². The summed E-state index contributed by atoms with van der Waals surface area (Å²) < 4.78 is 85.7. The van der Waals surface area contributed by atoms with Gasteiger partial charge in [0.15, 0.2) is 0 Å². The molecule has 4 aromatic carbocycles. The van der Waals surface area contributed by atoms with Gasteiger partial charge in [0.05, 0.1) is 13.1 Å².